The van der Waals surface area contributed by atoms with Gasteiger partial charge in [-0.1, -0.05) is 30.3 Å². The normalized spacial score (nSPS) is 15.0. The minimum absolute atomic E-state index is 0.00633. The van der Waals surface area contributed by atoms with Gasteiger partial charge in [0.1, 0.15) is 0 Å². The van der Waals surface area contributed by atoms with Gasteiger partial charge in [0.05, 0.1) is 11.6 Å². The highest BCUT2D eigenvalue weighted by Crippen LogP contribution is 2.25. The maximum absolute atomic E-state index is 12.4. The van der Waals surface area contributed by atoms with Crippen LogP contribution in [0, 0.1) is 0 Å². The third-order valence-electron chi connectivity index (χ3n) is 4.34. The summed E-state index contributed by atoms with van der Waals surface area (Å²) in [4.78, 5) is 12.4. The zero-order chi connectivity index (χ0) is 15.5. The first-order valence-electron chi connectivity index (χ1n) is 7.82. The van der Waals surface area contributed by atoms with Crippen LogP contribution >= 0.6 is 15.9 Å². The number of fused-ring (bicyclic) bond motifs is 1. The molecule has 2 aromatic carbocycles. The molecule has 3 rings (SSSR count). The Hall–Kier alpha value is -1.61. The van der Waals surface area contributed by atoms with Crippen LogP contribution in [0.15, 0.2) is 46.9 Å². The highest BCUT2D eigenvalue weighted by molar-refractivity contribution is 9.10. The number of hydrogen-bond acceptors (Lipinski definition) is 1. The molecule has 0 unspecified atom stereocenters. The molecule has 0 radical (unpaired) electrons. The predicted molar refractivity (Wildman–Crippen MR) is 93.1 cm³/mol. The number of amides is 1. The lowest BCUT2D eigenvalue weighted by Crippen LogP contribution is -2.27. The summed E-state index contributed by atoms with van der Waals surface area (Å²) in [5.74, 6) is -0.0438. The van der Waals surface area contributed by atoms with Gasteiger partial charge in [0.2, 0.25) is 0 Å². The number of hydrogen-bond donors (Lipinski definition) is 1. The van der Waals surface area contributed by atoms with Crippen molar-refractivity contribution in [2.75, 3.05) is 0 Å². The molecule has 1 atom stereocenters. The van der Waals surface area contributed by atoms with E-state index >= 15 is 0 Å². The molecule has 1 amide bonds. The third kappa shape index (κ3) is 3.25. The molecule has 1 N–H and O–H groups in total. The Balaban J connectivity index is 1.76. The van der Waals surface area contributed by atoms with E-state index in [1.165, 1.54) is 36.0 Å². The van der Waals surface area contributed by atoms with Gasteiger partial charge >= 0.3 is 0 Å². The van der Waals surface area contributed by atoms with Gasteiger partial charge in [0, 0.05) is 4.47 Å². The van der Waals surface area contributed by atoms with E-state index in [1.807, 2.05) is 31.2 Å². The van der Waals surface area contributed by atoms with Crippen molar-refractivity contribution in [3.8, 4) is 0 Å². The molecule has 22 heavy (non-hydrogen) atoms. The van der Waals surface area contributed by atoms with Gasteiger partial charge in [-0.15, -0.1) is 0 Å². The van der Waals surface area contributed by atoms with E-state index in [0.29, 0.717) is 5.56 Å². The number of carbonyl (C=O) groups excluding carboxylic acids is 1. The van der Waals surface area contributed by atoms with Crippen molar-refractivity contribution in [2.24, 2.45) is 0 Å². The fourth-order valence-electron chi connectivity index (χ4n) is 3.03. The van der Waals surface area contributed by atoms with Crippen LogP contribution in [0.25, 0.3) is 0 Å². The van der Waals surface area contributed by atoms with E-state index < -0.39 is 0 Å². The largest absolute Gasteiger partial charge is 0.345 e. The van der Waals surface area contributed by atoms with Gasteiger partial charge < -0.3 is 5.32 Å². The van der Waals surface area contributed by atoms with Crippen LogP contribution in [0.3, 0.4) is 0 Å². The standard InChI is InChI=1S/C19H20BrNO/c1-13(21-19(22)17-8-4-5-9-18(17)20)15-11-10-14-6-2-3-7-16(14)12-15/h4-5,8-13H,2-3,6-7H2,1H3,(H,21,22)/t13-/m0/s1. The van der Waals surface area contributed by atoms with E-state index in [0.717, 1.165) is 10.9 Å². The fraction of sp³-hybridized carbons (Fsp3) is 0.316. The van der Waals surface area contributed by atoms with E-state index in [2.05, 4.69) is 39.4 Å². The van der Waals surface area contributed by atoms with Crippen LogP contribution in [-0.2, 0) is 12.8 Å². The second-order valence-electron chi connectivity index (χ2n) is 5.91. The maximum Gasteiger partial charge on any atom is 0.252 e. The van der Waals surface area contributed by atoms with Gasteiger partial charge in [-0.25, -0.2) is 0 Å². The molecular formula is C19H20BrNO. The number of carbonyl (C=O) groups is 1. The minimum atomic E-state index is -0.0438. The summed E-state index contributed by atoms with van der Waals surface area (Å²) in [5, 5.41) is 3.09. The van der Waals surface area contributed by atoms with Crippen molar-refractivity contribution < 1.29 is 4.79 Å². The van der Waals surface area contributed by atoms with Crippen molar-refractivity contribution in [3.05, 3.63) is 69.2 Å². The summed E-state index contributed by atoms with van der Waals surface area (Å²) < 4.78 is 0.824. The zero-order valence-electron chi connectivity index (χ0n) is 12.7. The molecule has 3 heteroatoms. The highest BCUT2D eigenvalue weighted by atomic mass is 79.9. The Kier molecular flexibility index (Phi) is 4.63. The van der Waals surface area contributed by atoms with E-state index in [1.54, 1.807) is 0 Å². The van der Waals surface area contributed by atoms with Crippen LogP contribution in [0.1, 0.15) is 52.9 Å². The monoisotopic (exact) mass is 357 g/mol. The molecule has 0 heterocycles. The Morgan fingerprint density at radius 2 is 1.82 bits per heavy atom. The second kappa shape index (κ2) is 6.66. The van der Waals surface area contributed by atoms with Gasteiger partial charge in [-0.05, 0) is 77.4 Å². The molecule has 114 valence electrons. The summed E-state index contributed by atoms with van der Waals surface area (Å²) >= 11 is 3.43. The molecule has 1 aliphatic carbocycles. The van der Waals surface area contributed by atoms with Crippen LogP contribution in [0.5, 0.6) is 0 Å². The Morgan fingerprint density at radius 3 is 2.59 bits per heavy atom. The number of nitrogens with one attached hydrogen (secondary N) is 1. The Morgan fingerprint density at radius 1 is 1.09 bits per heavy atom. The lowest BCUT2D eigenvalue weighted by molar-refractivity contribution is 0.0939. The molecule has 0 saturated carbocycles. The number of aryl methyl sites for hydroxylation is 2. The first-order chi connectivity index (χ1) is 10.6. The molecule has 0 bridgehead atoms. The first kappa shape index (κ1) is 15.3. The number of halogens is 1. The molecule has 2 nitrogen and oxygen atoms in total. The van der Waals surface area contributed by atoms with E-state index in [9.17, 15) is 4.79 Å². The number of benzene rings is 2. The van der Waals surface area contributed by atoms with Gasteiger partial charge in [-0.2, -0.15) is 0 Å². The molecule has 2 aromatic rings. The molecule has 0 saturated heterocycles. The van der Waals surface area contributed by atoms with Crippen LogP contribution < -0.4 is 5.32 Å². The highest BCUT2D eigenvalue weighted by Gasteiger charge is 2.16. The van der Waals surface area contributed by atoms with Crippen LogP contribution in [0.4, 0.5) is 0 Å². The smallest absolute Gasteiger partial charge is 0.252 e. The van der Waals surface area contributed by atoms with E-state index in [4.69, 9.17) is 0 Å². The van der Waals surface area contributed by atoms with Crippen molar-refractivity contribution >= 4 is 21.8 Å². The van der Waals surface area contributed by atoms with Crippen molar-refractivity contribution in [1.29, 1.82) is 0 Å². The second-order valence-corrected chi connectivity index (χ2v) is 6.76. The molecular weight excluding hydrogens is 338 g/mol. The molecule has 1 aliphatic rings. The summed E-state index contributed by atoms with van der Waals surface area (Å²) in [6.07, 6.45) is 4.91. The van der Waals surface area contributed by atoms with Gasteiger partial charge in [0.25, 0.3) is 5.91 Å². The Labute approximate surface area is 140 Å². The summed E-state index contributed by atoms with van der Waals surface area (Å²) in [6, 6.07) is 14.2. The van der Waals surface area contributed by atoms with Gasteiger partial charge in [0.15, 0.2) is 0 Å². The lowest BCUT2D eigenvalue weighted by atomic mass is 9.89. The average molecular weight is 358 g/mol. The topological polar surface area (TPSA) is 29.1 Å². The van der Waals surface area contributed by atoms with Crippen molar-refractivity contribution in [1.82, 2.24) is 5.32 Å². The number of rotatable bonds is 3. The molecule has 0 fully saturated rings. The molecule has 0 aromatic heterocycles. The minimum Gasteiger partial charge on any atom is -0.345 e. The molecule has 0 aliphatic heterocycles. The van der Waals surface area contributed by atoms with E-state index in [-0.39, 0.29) is 11.9 Å². The van der Waals surface area contributed by atoms with Gasteiger partial charge in [-0.3, -0.25) is 4.79 Å². The maximum atomic E-state index is 12.4. The van der Waals surface area contributed by atoms with Crippen molar-refractivity contribution in [3.63, 3.8) is 0 Å². The lowest BCUT2D eigenvalue weighted by Gasteiger charge is -2.20. The first-order valence-corrected chi connectivity index (χ1v) is 8.61. The summed E-state index contributed by atoms with van der Waals surface area (Å²) in [5.41, 5.74) is 4.78. The predicted octanol–water partition coefficient (Wildman–Crippen LogP) is 4.82. The average Bonchev–Trinajstić information content (AvgIpc) is 2.54. The summed E-state index contributed by atoms with van der Waals surface area (Å²) in [6.45, 7) is 2.04. The van der Waals surface area contributed by atoms with Crippen molar-refractivity contribution in [2.45, 2.75) is 38.6 Å². The SMILES string of the molecule is C[C@H](NC(=O)c1ccccc1Br)c1ccc2c(c1)CCCC2. The quantitative estimate of drug-likeness (QED) is 0.838. The zero-order valence-corrected chi connectivity index (χ0v) is 14.3. The molecule has 0 spiro atoms. The fourth-order valence-corrected chi connectivity index (χ4v) is 3.49. The summed E-state index contributed by atoms with van der Waals surface area (Å²) in [7, 11) is 0. The van der Waals surface area contributed by atoms with Crippen LogP contribution in [-0.4, -0.2) is 5.91 Å². The Bertz CT molecular complexity index is 696. The third-order valence-corrected chi connectivity index (χ3v) is 5.03. The van der Waals surface area contributed by atoms with Crippen LogP contribution in [0.2, 0.25) is 0 Å².